The minimum Gasteiger partial charge on any atom is -0.459 e. The third-order valence-electron chi connectivity index (χ3n) is 4.75. The van der Waals surface area contributed by atoms with Crippen LogP contribution in [-0.2, 0) is 22.4 Å². The molecule has 2 aromatic rings. The van der Waals surface area contributed by atoms with E-state index in [9.17, 15) is 14.4 Å². The van der Waals surface area contributed by atoms with E-state index >= 15 is 0 Å². The fourth-order valence-electron chi connectivity index (χ4n) is 3.40. The summed E-state index contributed by atoms with van der Waals surface area (Å²) in [7, 11) is 0. The maximum Gasteiger partial charge on any atom is 0.338 e. The SMILES string of the molecule is CC(=O)Nc1sc2c(c1C(=O)Nc1ccc(C(=O)OC(C)C)cc1)CC[C@H](C)C2. The monoisotopic (exact) mass is 414 g/mol. The number of thiophene rings is 1. The van der Waals surface area contributed by atoms with Gasteiger partial charge in [0.2, 0.25) is 5.91 Å². The van der Waals surface area contributed by atoms with Gasteiger partial charge in [0.25, 0.3) is 5.91 Å². The second-order valence-electron chi connectivity index (χ2n) is 7.72. The Hall–Kier alpha value is -2.67. The molecule has 7 heteroatoms. The van der Waals surface area contributed by atoms with Crippen LogP contribution < -0.4 is 10.6 Å². The molecule has 0 aliphatic heterocycles. The van der Waals surface area contributed by atoms with Crippen molar-refractivity contribution in [2.24, 2.45) is 5.92 Å². The van der Waals surface area contributed by atoms with Crippen LogP contribution in [-0.4, -0.2) is 23.9 Å². The lowest BCUT2D eigenvalue weighted by Gasteiger charge is -2.18. The molecular formula is C22H26N2O4S. The number of rotatable bonds is 5. The van der Waals surface area contributed by atoms with E-state index in [-0.39, 0.29) is 17.9 Å². The molecule has 1 aromatic heterocycles. The lowest BCUT2D eigenvalue weighted by Crippen LogP contribution is -2.18. The number of nitrogens with one attached hydrogen (secondary N) is 2. The molecule has 2 amide bonds. The van der Waals surface area contributed by atoms with E-state index in [4.69, 9.17) is 4.74 Å². The van der Waals surface area contributed by atoms with Crippen molar-refractivity contribution >= 4 is 39.8 Å². The number of hydrogen-bond donors (Lipinski definition) is 2. The number of hydrogen-bond acceptors (Lipinski definition) is 5. The highest BCUT2D eigenvalue weighted by Crippen LogP contribution is 2.40. The summed E-state index contributed by atoms with van der Waals surface area (Å²) in [6, 6.07) is 6.60. The number of fused-ring (bicyclic) bond motifs is 1. The van der Waals surface area contributed by atoms with E-state index < -0.39 is 5.97 Å². The minimum absolute atomic E-state index is 0.193. The van der Waals surface area contributed by atoms with Crippen LogP contribution >= 0.6 is 11.3 Å². The number of anilines is 2. The molecule has 1 heterocycles. The van der Waals surface area contributed by atoms with Gasteiger partial charge in [-0.15, -0.1) is 11.3 Å². The first-order valence-electron chi connectivity index (χ1n) is 9.79. The van der Waals surface area contributed by atoms with Crippen LogP contribution in [0.3, 0.4) is 0 Å². The average Bonchev–Trinajstić information content (AvgIpc) is 2.97. The maximum atomic E-state index is 13.0. The van der Waals surface area contributed by atoms with Crippen LogP contribution in [0.2, 0.25) is 0 Å². The zero-order valence-electron chi connectivity index (χ0n) is 17.1. The topological polar surface area (TPSA) is 84.5 Å². The van der Waals surface area contributed by atoms with E-state index in [1.54, 1.807) is 38.1 Å². The highest BCUT2D eigenvalue weighted by atomic mass is 32.1. The third kappa shape index (κ3) is 5.03. The Balaban J connectivity index is 1.81. The average molecular weight is 415 g/mol. The Morgan fingerprint density at radius 2 is 1.83 bits per heavy atom. The Morgan fingerprint density at radius 1 is 1.14 bits per heavy atom. The number of ether oxygens (including phenoxy) is 1. The first kappa shape index (κ1) is 21.0. The first-order chi connectivity index (χ1) is 13.7. The van der Waals surface area contributed by atoms with Crippen molar-refractivity contribution in [3.8, 4) is 0 Å². The van der Waals surface area contributed by atoms with Crippen molar-refractivity contribution in [2.45, 2.75) is 53.1 Å². The van der Waals surface area contributed by atoms with Crippen LogP contribution in [0.1, 0.15) is 65.3 Å². The van der Waals surface area contributed by atoms with Gasteiger partial charge in [0, 0.05) is 17.5 Å². The van der Waals surface area contributed by atoms with Gasteiger partial charge in [0.05, 0.1) is 17.2 Å². The van der Waals surface area contributed by atoms with Crippen LogP contribution in [0.4, 0.5) is 10.7 Å². The van der Waals surface area contributed by atoms with Crippen molar-refractivity contribution in [3.63, 3.8) is 0 Å². The van der Waals surface area contributed by atoms with Crippen LogP contribution in [0, 0.1) is 5.92 Å². The summed E-state index contributed by atoms with van der Waals surface area (Å²) in [4.78, 5) is 37.8. The molecule has 0 radical (unpaired) electrons. The summed E-state index contributed by atoms with van der Waals surface area (Å²) in [6.07, 6.45) is 2.58. The Labute approximate surface area is 174 Å². The van der Waals surface area contributed by atoms with Crippen molar-refractivity contribution < 1.29 is 19.1 Å². The van der Waals surface area contributed by atoms with Gasteiger partial charge < -0.3 is 15.4 Å². The second-order valence-corrected chi connectivity index (χ2v) is 8.83. The fraction of sp³-hybridized carbons (Fsp3) is 0.409. The van der Waals surface area contributed by atoms with E-state index in [0.29, 0.717) is 27.7 Å². The molecule has 0 spiro atoms. The molecule has 0 fully saturated rings. The Kier molecular flexibility index (Phi) is 6.37. The number of benzene rings is 1. The molecule has 1 atom stereocenters. The first-order valence-corrected chi connectivity index (χ1v) is 10.6. The Morgan fingerprint density at radius 3 is 2.45 bits per heavy atom. The van der Waals surface area contributed by atoms with Gasteiger partial charge in [-0.25, -0.2) is 4.79 Å². The van der Waals surface area contributed by atoms with Gasteiger partial charge in [0.1, 0.15) is 5.00 Å². The van der Waals surface area contributed by atoms with Gasteiger partial charge in [-0.2, -0.15) is 0 Å². The van der Waals surface area contributed by atoms with Crippen molar-refractivity contribution in [3.05, 3.63) is 45.8 Å². The minimum atomic E-state index is -0.396. The van der Waals surface area contributed by atoms with Crippen molar-refractivity contribution in [1.82, 2.24) is 0 Å². The molecule has 154 valence electrons. The lowest BCUT2D eigenvalue weighted by molar-refractivity contribution is -0.114. The highest BCUT2D eigenvalue weighted by molar-refractivity contribution is 7.17. The molecule has 0 saturated carbocycles. The van der Waals surface area contributed by atoms with E-state index in [1.165, 1.54) is 23.1 Å². The summed E-state index contributed by atoms with van der Waals surface area (Å²) < 4.78 is 5.17. The van der Waals surface area contributed by atoms with Crippen molar-refractivity contribution in [2.75, 3.05) is 10.6 Å². The predicted octanol–water partition coefficient (Wildman–Crippen LogP) is 4.65. The molecule has 3 rings (SSSR count). The second kappa shape index (κ2) is 8.78. The molecule has 2 N–H and O–H groups in total. The Bertz CT molecular complexity index is 931. The summed E-state index contributed by atoms with van der Waals surface area (Å²) in [5.74, 6) is -0.274. The molecule has 1 aliphatic carbocycles. The molecule has 0 saturated heterocycles. The van der Waals surface area contributed by atoms with Crippen molar-refractivity contribution in [1.29, 1.82) is 0 Å². The van der Waals surface area contributed by atoms with E-state index in [2.05, 4.69) is 17.6 Å². The lowest BCUT2D eigenvalue weighted by atomic mass is 9.88. The number of amides is 2. The van der Waals surface area contributed by atoms with Gasteiger partial charge in [-0.05, 0) is 68.9 Å². The summed E-state index contributed by atoms with van der Waals surface area (Å²) in [5, 5.41) is 6.31. The van der Waals surface area contributed by atoms with Crippen LogP contribution in [0.25, 0.3) is 0 Å². The van der Waals surface area contributed by atoms with Crippen LogP contribution in [0.15, 0.2) is 24.3 Å². The molecule has 6 nitrogen and oxygen atoms in total. The molecule has 1 aromatic carbocycles. The largest absolute Gasteiger partial charge is 0.459 e. The summed E-state index contributed by atoms with van der Waals surface area (Å²) in [5.41, 5.74) is 2.59. The number of carbonyl (C=O) groups excluding carboxylic acids is 3. The predicted molar refractivity (Wildman–Crippen MR) is 115 cm³/mol. The highest BCUT2D eigenvalue weighted by Gasteiger charge is 2.28. The number of carbonyl (C=O) groups is 3. The van der Waals surface area contributed by atoms with Crippen LogP contribution in [0.5, 0.6) is 0 Å². The van der Waals surface area contributed by atoms with E-state index in [0.717, 1.165) is 24.8 Å². The molecule has 0 bridgehead atoms. The van der Waals surface area contributed by atoms with Gasteiger partial charge in [-0.3, -0.25) is 9.59 Å². The normalized spacial score (nSPS) is 15.6. The zero-order valence-corrected chi connectivity index (χ0v) is 17.9. The standard InChI is InChI=1S/C22H26N2O4S/c1-12(2)28-22(27)15-6-8-16(9-7-15)24-20(26)19-17-10-5-13(3)11-18(17)29-21(19)23-14(4)25/h6-9,12-13H,5,10-11H2,1-4H3,(H,23,25)(H,24,26)/t13-/m0/s1. The molecule has 0 unspecified atom stereocenters. The summed E-state index contributed by atoms with van der Waals surface area (Å²) in [6.45, 7) is 7.23. The smallest absolute Gasteiger partial charge is 0.338 e. The maximum absolute atomic E-state index is 13.0. The van der Waals surface area contributed by atoms with Gasteiger partial charge in [-0.1, -0.05) is 6.92 Å². The molecular weight excluding hydrogens is 388 g/mol. The molecule has 1 aliphatic rings. The van der Waals surface area contributed by atoms with Gasteiger partial charge in [0.15, 0.2) is 0 Å². The quantitative estimate of drug-likeness (QED) is 0.698. The van der Waals surface area contributed by atoms with Gasteiger partial charge >= 0.3 is 5.97 Å². The summed E-state index contributed by atoms with van der Waals surface area (Å²) >= 11 is 1.49. The number of esters is 1. The third-order valence-corrected chi connectivity index (χ3v) is 5.92. The van der Waals surface area contributed by atoms with E-state index in [1.807, 2.05) is 0 Å². The zero-order chi connectivity index (χ0) is 21.1. The molecule has 29 heavy (non-hydrogen) atoms. The fourth-order valence-corrected chi connectivity index (χ4v) is 4.86.